The first-order chi connectivity index (χ1) is 19.6. The van der Waals surface area contributed by atoms with Crippen molar-refractivity contribution in [2.45, 2.75) is 40.4 Å². The van der Waals surface area contributed by atoms with Gasteiger partial charge in [0.25, 0.3) is 5.91 Å². The van der Waals surface area contributed by atoms with E-state index in [0.29, 0.717) is 32.0 Å². The number of nitrogens with zero attached hydrogens (tertiary/aromatic N) is 3. The smallest absolute Gasteiger partial charge is 0.744 e. The number of ether oxygens (including phenoxy) is 1. The molecule has 0 radical (unpaired) electrons. The van der Waals surface area contributed by atoms with E-state index in [9.17, 15) is 43.7 Å². The van der Waals surface area contributed by atoms with Crippen molar-refractivity contribution in [3.8, 4) is 5.75 Å². The Morgan fingerprint density at radius 2 is 1.18 bits per heavy atom. The third-order valence-electron chi connectivity index (χ3n) is 6.48. The monoisotopic (exact) mass is 706 g/mol. The van der Waals surface area contributed by atoms with Gasteiger partial charge in [0, 0.05) is 50.3 Å². The van der Waals surface area contributed by atoms with E-state index in [-0.39, 0.29) is 127 Å². The van der Waals surface area contributed by atoms with Gasteiger partial charge >= 0.3 is 88.7 Å². The van der Waals surface area contributed by atoms with E-state index in [1.807, 2.05) is 0 Å². The molecule has 0 spiro atoms. The van der Waals surface area contributed by atoms with Crippen LogP contribution >= 0.6 is 0 Å². The van der Waals surface area contributed by atoms with Crippen LogP contribution in [0.5, 0.6) is 5.75 Å². The topological polar surface area (TPSA) is 259 Å². The molecule has 224 valence electrons. The Morgan fingerprint density at radius 1 is 0.733 bits per heavy atom. The van der Waals surface area contributed by atoms with Crippen molar-refractivity contribution >= 4 is 68.6 Å². The van der Waals surface area contributed by atoms with Crippen LogP contribution in [0.3, 0.4) is 0 Å². The molecule has 0 aliphatic rings. The summed E-state index contributed by atoms with van der Waals surface area (Å²) in [5, 5.41) is 4.80. The van der Waals surface area contributed by atoms with Gasteiger partial charge in [-0.3, -0.25) is 4.79 Å². The summed E-state index contributed by atoms with van der Waals surface area (Å²) in [5.74, 6) is -0.859. The molecular weight excluding hydrogens is 685 g/mol. The number of nitrogens with one attached hydrogen (secondary N) is 1. The number of azide groups is 1. The molecule has 21 heteroatoms. The van der Waals surface area contributed by atoms with Crippen LogP contribution in [0, 0.1) is 0 Å². The van der Waals surface area contributed by atoms with Crippen molar-refractivity contribution in [3.63, 3.8) is 0 Å². The first-order valence-corrected chi connectivity index (χ1v) is 16.4. The summed E-state index contributed by atoms with van der Waals surface area (Å²) < 4.78 is 114. The Bertz CT molecular complexity index is 2040. The van der Waals surface area contributed by atoms with Crippen molar-refractivity contribution in [2.24, 2.45) is 5.11 Å². The molecular formula is C24H21N4Na3O11S3. The SMILES string of the molecule is [N-]=[N+]=NCCCCCCNC(=O)COc1cc(S(=O)(=O)[O-])c2ccc3c(S(=O)(=O)[O-])cc(S(=O)(=O)[O-])c4ccc1c2c43.[Na+].[Na+].[Na+]. The van der Waals surface area contributed by atoms with Crippen LogP contribution < -0.4 is 98.7 Å². The van der Waals surface area contributed by atoms with Gasteiger partial charge in [0.05, 0.1) is 14.7 Å². The molecule has 1 amide bonds. The second-order valence-corrected chi connectivity index (χ2v) is 13.2. The van der Waals surface area contributed by atoms with E-state index in [4.69, 9.17) is 10.3 Å². The van der Waals surface area contributed by atoms with E-state index in [1.54, 1.807) is 0 Å². The molecule has 15 nitrogen and oxygen atoms in total. The molecule has 0 bridgehead atoms. The molecule has 0 atom stereocenters. The zero-order valence-corrected chi connectivity index (χ0v) is 32.9. The van der Waals surface area contributed by atoms with E-state index in [0.717, 1.165) is 37.1 Å². The Kier molecular flexibility index (Phi) is 16.0. The molecule has 4 aromatic carbocycles. The first-order valence-electron chi connectivity index (χ1n) is 12.2. The molecule has 4 rings (SSSR count). The predicted molar refractivity (Wildman–Crippen MR) is 145 cm³/mol. The van der Waals surface area contributed by atoms with Gasteiger partial charge in [0.1, 0.15) is 36.1 Å². The Hall–Kier alpha value is -0.770. The van der Waals surface area contributed by atoms with Crippen LogP contribution in [0.1, 0.15) is 25.7 Å². The summed E-state index contributed by atoms with van der Waals surface area (Å²) in [6.45, 7) is 0.0555. The fraction of sp³-hybridized carbons (Fsp3) is 0.292. The Labute approximate surface area is 324 Å². The maximum atomic E-state index is 12.4. The van der Waals surface area contributed by atoms with Crippen LogP contribution in [-0.4, -0.2) is 64.5 Å². The zero-order valence-electron chi connectivity index (χ0n) is 24.5. The minimum absolute atomic E-state index is 0. The number of carbonyl (C=O) groups excluding carboxylic acids is 1. The third-order valence-corrected chi connectivity index (χ3v) is 9.11. The molecule has 0 unspecified atom stereocenters. The number of hydrogen-bond donors (Lipinski definition) is 1. The van der Waals surface area contributed by atoms with Crippen molar-refractivity contribution < 1.29 is 137 Å². The average molecular weight is 707 g/mol. The molecule has 0 fully saturated rings. The minimum Gasteiger partial charge on any atom is -0.744 e. The van der Waals surface area contributed by atoms with Gasteiger partial charge in [-0.2, -0.15) is 0 Å². The Morgan fingerprint density at radius 3 is 1.67 bits per heavy atom. The van der Waals surface area contributed by atoms with Crippen LogP contribution in [-0.2, 0) is 35.1 Å². The van der Waals surface area contributed by atoms with Crippen LogP contribution in [0.15, 0.2) is 56.2 Å². The fourth-order valence-electron chi connectivity index (χ4n) is 4.73. The molecule has 0 saturated heterocycles. The average Bonchev–Trinajstić information content (AvgIpc) is 2.89. The second kappa shape index (κ2) is 17.1. The minimum atomic E-state index is -5.34. The second-order valence-electron chi connectivity index (χ2n) is 9.19. The summed E-state index contributed by atoms with van der Waals surface area (Å²) in [7, 11) is -15.9. The standard InChI is InChI=1S/C24H24N4O11S3.3Na/c25-28-27-10-4-2-1-3-9-26-22(29)13-39-18-11-19(40(30,31)32)15-7-8-17-21(42(36,37)38)12-20(41(33,34)35)16-6-5-14(18)23(15)24(16)17;;;/h5-8,11-12H,1-4,9-10,13H2,(H,26,29)(H,30,31,32)(H,33,34,35)(H,36,37,38);;;/q;3*+1/p-3. The number of rotatable bonds is 13. The van der Waals surface area contributed by atoms with E-state index in [1.165, 1.54) is 6.07 Å². The quantitative estimate of drug-likeness (QED) is 0.0260. The van der Waals surface area contributed by atoms with Crippen molar-refractivity contribution in [1.82, 2.24) is 5.32 Å². The number of hydrogen-bond acceptors (Lipinski definition) is 12. The normalized spacial score (nSPS) is 11.7. The molecule has 0 heterocycles. The number of amides is 1. The number of unbranched alkanes of at least 4 members (excludes halogenated alkanes) is 3. The molecule has 0 aliphatic heterocycles. The predicted octanol–water partition coefficient (Wildman–Crippen LogP) is -6.33. The van der Waals surface area contributed by atoms with E-state index >= 15 is 0 Å². The third kappa shape index (κ3) is 9.88. The molecule has 4 aromatic rings. The maximum Gasteiger partial charge on any atom is 1.00 e. The van der Waals surface area contributed by atoms with Gasteiger partial charge in [0.2, 0.25) is 0 Å². The molecule has 0 aromatic heterocycles. The molecule has 0 saturated carbocycles. The zero-order chi connectivity index (χ0) is 30.9. The van der Waals surface area contributed by atoms with Gasteiger partial charge in [-0.25, -0.2) is 25.3 Å². The van der Waals surface area contributed by atoms with Gasteiger partial charge in [0.15, 0.2) is 6.61 Å². The van der Waals surface area contributed by atoms with Crippen molar-refractivity contribution in [2.75, 3.05) is 19.7 Å². The van der Waals surface area contributed by atoms with Gasteiger partial charge in [-0.1, -0.05) is 36.2 Å². The van der Waals surface area contributed by atoms with Gasteiger partial charge < -0.3 is 23.7 Å². The van der Waals surface area contributed by atoms with Crippen molar-refractivity contribution in [1.29, 1.82) is 0 Å². The van der Waals surface area contributed by atoms with E-state index < -0.39 is 57.6 Å². The van der Waals surface area contributed by atoms with Crippen molar-refractivity contribution in [3.05, 3.63) is 46.8 Å². The number of benzene rings is 4. The van der Waals surface area contributed by atoms with Gasteiger partial charge in [-0.05, 0) is 36.6 Å². The summed E-state index contributed by atoms with van der Waals surface area (Å²) in [4.78, 5) is 12.2. The first kappa shape index (κ1) is 42.3. The summed E-state index contributed by atoms with van der Waals surface area (Å²) in [6, 6.07) is 5.86. The maximum absolute atomic E-state index is 12.4. The van der Waals surface area contributed by atoms with Crippen LogP contribution in [0.4, 0.5) is 0 Å². The van der Waals surface area contributed by atoms with E-state index in [2.05, 4.69) is 15.3 Å². The van der Waals surface area contributed by atoms with Gasteiger partial charge in [-0.15, -0.1) is 0 Å². The molecule has 1 N–H and O–H groups in total. The summed E-state index contributed by atoms with van der Waals surface area (Å²) in [5.41, 5.74) is 8.25. The molecule has 0 aliphatic carbocycles. The van der Waals surface area contributed by atoms with Crippen LogP contribution in [0.25, 0.3) is 42.8 Å². The number of carbonyl (C=O) groups is 1. The molecule has 45 heavy (non-hydrogen) atoms. The van der Waals surface area contributed by atoms with Crippen LogP contribution in [0.2, 0.25) is 0 Å². The summed E-state index contributed by atoms with van der Waals surface area (Å²) in [6.07, 6.45) is 2.86. The fourth-order valence-corrected chi connectivity index (χ4v) is 6.90. The largest absolute Gasteiger partial charge is 1.00 e. The Balaban J connectivity index is 0.00000337. The summed E-state index contributed by atoms with van der Waals surface area (Å²) >= 11 is 0.